The number of rotatable bonds is 4. The maximum absolute atomic E-state index is 11.3. The Morgan fingerprint density at radius 2 is 1.50 bits per heavy atom. The molecule has 2 N–H and O–H groups in total. The highest BCUT2D eigenvalue weighted by molar-refractivity contribution is 6.04. The first-order chi connectivity index (χ1) is 7.44. The van der Waals surface area contributed by atoms with Crippen LogP contribution in [0.2, 0.25) is 0 Å². The number of carbonyl (C=O) groups is 2. The maximum atomic E-state index is 11.3. The number of aliphatic carboxylic acids is 2. The van der Waals surface area contributed by atoms with E-state index in [1.54, 1.807) is 18.2 Å². The number of carboxylic acid groups (broad SMARTS) is 2. The van der Waals surface area contributed by atoms with E-state index < -0.39 is 17.5 Å². The second-order valence-electron chi connectivity index (χ2n) is 3.58. The highest BCUT2D eigenvalue weighted by atomic mass is 16.4. The van der Waals surface area contributed by atoms with Gasteiger partial charge in [-0.15, -0.1) is 0 Å². The molecule has 0 radical (unpaired) electrons. The van der Waals surface area contributed by atoms with Crippen LogP contribution in [0.4, 0.5) is 0 Å². The van der Waals surface area contributed by atoms with Crippen molar-refractivity contribution in [1.29, 1.82) is 0 Å². The van der Waals surface area contributed by atoms with Crippen LogP contribution < -0.4 is 0 Å². The predicted octanol–water partition coefficient (Wildman–Crippen LogP) is 0.613. The summed E-state index contributed by atoms with van der Waals surface area (Å²) in [6.45, 7) is 0. The lowest BCUT2D eigenvalue weighted by Gasteiger charge is -2.31. The Morgan fingerprint density at radius 1 is 1.06 bits per heavy atom. The fourth-order valence-corrected chi connectivity index (χ4v) is 1.66. The Kier molecular flexibility index (Phi) is 3.29. The number of likely N-dealkylation sites (N-methyl/N-ethyl adjacent to an activating group) is 1. The molecule has 0 aliphatic heterocycles. The lowest BCUT2D eigenvalue weighted by atomic mass is 9.89. The summed E-state index contributed by atoms with van der Waals surface area (Å²) in [5.41, 5.74) is -1.82. The summed E-state index contributed by atoms with van der Waals surface area (Å²) in [5.74, 6) is -2.81. The highest BCUT2D eigenvalue weighted by Crippen LogP contribution is 2.27. The first-order valence-corrected chi connectivity index (χ1v) is 4.63. The Bertz CT molecular complexity index is 386. The van der Waals surface area contributed by atoms with Crippen molar-refractivity contribution in [3.63, 3.8) is 0 Å². The standard InChI is InChI=1S/C11H13NO4/c1-12(2)11(9(13)14,10(15)16)8-6-4-3-5-7-8/h3-7H,1-2H3,(H,13,14)(H,15,16). The SMILES string of the molecule is CN(C)C(C(=O)O)(C(=O)O)c1ccccc1. The van der Waals surface area contributed by atoms with Gasteiger partial charge in [0.15, 0.2) is 0 Å². The molecular weight excluding hydrogens is 210 g/mol. The van der Waals surface area contributed by atoms with Crippen LogP contribution in [0.3, 0.4) is 0 Å². The van der Waals surface area contributed by atoms with E-state index in [1.165, 1.54) is 31.1 Å². The summed E-state index contributed by atoms with van der Waals surface area (Å²) >= 11 is 0. The molecule has 5 nitrogen and oxygen atoms in total. The van der Waals surface area contributed by atoms with Crippen molar-refractivity contribution in [2.75, 3.05) is 14.1 Å². The molecule has 1 aromatic rings. The van der Waals surface area contributed by atoms with Crippen LogP contribution in [0.1, 0.15) is 5.56 Å². The third-order valence-corrected chi connectivity index (χ3v) is 2.48. The number of nitrogens with zero attached hydrogens (tertiary/aromatic N) is 1. The Hall–Kier alpha value is -1.88. The van der Waals surface area contributed by atoms with E-state index in [1.807, 2.05) is 0 Å². The average Bonchev–Trinajstić information content (AvgIpc) is 2.18. The summed E-state index contributed by atoms with van der Waals surface area (Å²) in [6.07, 6.45) is 0. The van der Waals surface area contributed by atoms with Gasteiger partial charge in [0.25, 0.3) is 0 Å². The predicted molar refractivity (Wildman–Crippen MR) is 57.1 cm³/mol. The Morgan fingerprint density at radius 3 is 1.81 bits per heavy atom. The van der Waals surface area contributed by atoms with Crippen molar-refractivity contribution in [3.05, 3.63) is 35.9 Å². The van der Waals surface area contributed by atoms with Crippen LogP contribution in [0.5, 0.6) is 0 Å². The van der Waals surface area contributed by atoms with Crippen molar-refractivity contribution < 1.29 is 19.8 Å². The van der Waals surface area contributed by atoms with E-state index in [9.17, 15) is 19.8 Å². The zero-order chi connectivity index (χ0) is 12.3. The molecule has 0 bridgehead atoms. The van der Waals surface area contributed by atoms with Gasteiger partial charge in [0.1, 0.15) is 0 Å². The van der Waals surface area contributed by atoms with E-state index in [0.29, 0.717) is 0 Å². The number of hydrogen-bond acceptors (Lipinski definition) is 3. The lowest BCUT2D eigenvalue weighted by Crippen LogP contribution is -2.54. The zero-order valence-corrected chi connectivity index (χ0v) is 9.04. The van der Waals surface area contributed by atoms with Crippen LogP contribution >= 0.6 is 0 Å². The summed E-state index contributed by atoms with van der Waals surface area (Å²) in [5, 5.41) is 18.4. The molecule has 0 amide bonds. The molecule has 0 atom stereocenters. The molecule has 16 heavy (non-hydrogen) atoms. The van der Waals surface area contributed by atoms with Crippen LogP contribution in [-0.2, 0) is 15.1 Å². The molecule has 0 heterocycles. The van der Waals surface area contributed by atoms with Crippen molar-refractivity contribution in [3.8, 4) is 0 Å². The molecule has 0 saturated heterocycles. The molecular formula is C11H13NO4. The van der Waals surface area contributed by atoms with Crippen molar-refractivity contribution in [1.82, 2.24) is 4.90 Å². The minimum atomic E-state index is -2.04. The van der Waals surface area contributed by atoms with Crippen molar-refractivity contribution >= 4 is 11.9 Å². The van der Waals surface area contributed by atoms with Crippen LogP contribution in [0, 0.1) is 0 Å². The number of carboxylic acids is 2. The molecule has 0 spiro atoms. The molecule has 0 saturated carbocycles. The summed E-state index contributed by atoms with van der Waals surface area (Å²) in [6, 6.07) is 7.90. The van der Waals surface area contributed by atoms with E-state index in [2.05, 4.69) is 0 Å². The van der Waals surface area contributed by atoms with Crippen LogP contribution in [0.25, 0.3) is 0 Å². The summed E-state index contributed by atoms with van der Waals surface area (Å²) in [4.78, 5) is 23.7. The molecule has 0 fully saturated rings. The second-order valence-corrected chi connectivity index (χ2v) is 3.58. The van der Waals surface area contributed by atoms with Gasteiger partial charge < -0.3 is 10.2 Å². The maximum Gasteiger partial charge on any atom is 0.340 e. The quantitative estimate of drug-likeness (QED) is 0.731. The second kappa shape index (κ2) is 4.32. The molecule has 1 aromatic carbocycles. The molecule has 86 valence electrons. The Labute approximate surface area is 92.9 Å². The first-order valence-electron chi connectivity index (χ1n) is 4.63. The molecule has 0 aromatic heterocycles. The normalized spacial score (nSPS) is 11.4. The van der Waals surface area contributed by atoms with Gasteiger partial charge >= 0.3 is 11.9 Å². The molecule has 1 rings (SSSR count). The van der Waals surface area contributed by atoms with Gasteiger partial charge in [-0.05, 0) is 19.7 Å². The third kappa shape index (κ3) is 1.65. The van der Waals surface area contributed by atoms with Crippen molar-refractivity contribution in [2.24, 2.45) is 0 Å². The van der Waals surface area contributed by atoms with Crippen LogP contribution in [0.15, 0.2) is 30.3 Å². The fourth-order valence-electron chi connectivity index (χ4n) is 1.66. The zero-order valence-electron chi connectivity index (χ0n) is 9.04. The summed E-state index contributed by atoms with van der Waals surface area (Å²) < 4.78 is 0. The number of benzene rings is 1. The van der Waals surface area contributed by atoms with E-state index in [0.717, 1.165) is 0 Å². The van der Waals surface area contributed by atoms with Gasteiger partial charge in [-0.3, -0.25) is 4.90 Å². The summed E-state index contributed by atoms with van der Waals surface area (Å²) in [7, 11) is 2.85. The van der Waals surface area contributed by atoms with Gasteiger partial charge in [-0.2, -0.15) is 0 Å². The minimum Gasteiger partial charge on any atom is -0.479 e. The van der Waals surface area contributed by atoms with Crippen molar-refractivity contribution in [2.45, 2.75) is 5.54 Å². The smallest absolute Gasteiger partial charge is 0.340 e. The van der Waals surface area contributed by atoms with Crippen LogP contribution in [-0.4, -0.2) is 41.1 Å². The highest BCUT2D eigenvalue weighted by Gasteiger charge is 2.50. The van der Waals surface area contributed by atoms with Gasteiger partial charge in [0, 0.05) is 0 Å². The average molecular weight is 223 g/mol. The van der Waals surface area contributed by atoms with E-state index in [-0.39, 0.29) is 5.56 Å². The Balaban J connectivity index is 3.46. The molecule has 0 unspecified atom stereocenters. The lowest BCUT2D eigenvalue weighted by molar-refractivity contribution is -0.166. The van der Waals surface area contributed by atoms with Gasteiger partial charge in [0.05, 0.1) is 0 Å². The monoisotopic (exact) mass is 223 g/mol. The number of hydrogen-bond donors (Lipinski definition) is 2. The largest absolute Gasteiger partial charge is 0.479 e. The molecule has 5 heteroatoms. The first kappa shape index (κ1) is 12.2. The van der Waals surface area contributed by atoms with Gasteiger partial charge in [-0.25, -0.2) is 9.59 Å². The molecule has 0 aliphatic rings. The van der Waals surface area contributed by atoms with Gasteiger partial charge in [-0.1, -0.05) is 30.3 Å². The van der Waals surface area contributed by atoms with E-state index >= 15 is 0 Å². The fraction of sp³-hybridized carbons (Fsp3) is 0.273. The topological polar surface area (TPSA) is 77.8 Å². The van der Waals surface area contributed by atoms with Gasteiger partial charge in [0.2, 0.25) is 5.54 Å². The van der Waals surface area contributed by atoms with E-state index in [4.69, 9.17) is 0 Å². The minimum absolute atomic E-state index is 0.222. The molecule has 0 aliphatic carbocycles. The third-order valence-electron chi connectivity index (χ3n) is 2.48.